The highest BCUT2D eigenvalue weighted by Crippen LogP contribution is 2.47. The molecule has 1 fully saturated rings. The maximum Gasteiger partial charge on any atom is 0.230 e. The number of benzene rings is 1. The van der Waals surface area contributed by atoms with Crippen molar-refractivity contribution in [2.75, 3.05) is 23.8 Å². The van der Waals surface area contributed by atoms with Gasteiger partial charge in [-0.1, -0.05) is 42.1 Å². The second-order valence-corrected chi connectivity index (χ2v) is 6.65. The zero-order valence-corrected chi connectivity index (χ0v) is 13.5. The number of anilines is 2. The molecule has 0 aliphatic heterocycles. The fourth-order valence-corrected chi connectivity index (χ4v) is 3.19. The second kappa shape index (κ2) is 6.45. The van der Waals surface area contributed by atoms with Crippen molar-refractivity contribution < 1.29 is 4.79 Å². The van der Waals surface area contributed by atoms with Gasteiger partial charge in [0.05, 0.1) is 5.75 Å². The summed E-state index contributed by atoms with van der Waals surface area (Å²) in [5.74, 6) is 0.818. The van der Waals surface area contributed by atoms with Crippen molar-refractivity contribution in [2.24, 2.45) is 0 Å². The van der Waals surface area contributed by atoms with Crippen LogP contribution in [0.25, 0.3) is 0 Å². The van der Waals surface area contributed by atoms with E-state index in [2.05, 4.69) is 27.4 Å². The summed E-state index contributed by atoms with van der Waals surface area (Å²) in [5, 5.41) is 3.42. The summed E-state index contributed by atoms with van der Waals surface area (Å²) >= 11 is 1.23. The van der Waals surface area contributed by atoms with Crippen molar-refractivity contribution in [3.05, 3.63) is 42.0 Å². The molecule has 1 aromatic heterocycles. The molecule has 0 bridgehead atoms. The molecular weight excluding hydrogens is 310 g/mol. The van der Waals surface area contributed by atoms with Gasteiger partial charge >= 0.3 is 0 Å². The molecule has 2 aromatic rings. The molecule has 1 amide bonds. The third-order valence-corrected chi connectivity index (χ3v) is 4.79. The minimum Gasteiger partial charge on any atom is -0.383 e. The van der Waals surface area contributed by atoms with Gasteiger partial charge in [0.2, 0.25) is 5.91 Å². The molecular formula is C16H19N5OS. The number of nitrogens with two attached hydrogens (primary N) is 2. The highest BCUT2D eigenvalue weighted by atomic mass is 32.2. The first-order chi connectivity index (χ1) is 11.1. The number of nitrogen functional groups attached to an aromatic ring is 2. The molecule has 0 radical (unpaired) electrons. The van der Waals surface area contributed by atoms with E-state index in [1.54, 1.807) is 0 Å². The third-order valence-electron chi connectivity index (χ3n) is 3.94. The van der Waals surface area contributed by atoms with Crippen LogP contribution >= 0.6 is 11.8 Å². The number of hydrogen-bond donors (Lipinski definition) is 3. The molecule has 0 saturated heterocycles. The summed E-state index contributed by atoms with van der Waals surface area (Å²) in [6.07, 6.45) is 2.22. The lowest BCUT2D eigenvalue weighted by Crippen LogP contribution is -2.33. The van der Waals surface area contributed by atoms with Crippen LogP contribution in [0, 0.1) is 0 Å². The predicted molar refractivity (Wildman–Crippen MR) is 91.9 cm³/mol. The lowest BCUT2D eigenvalue weighted by molar-refractivity contribution is -0.118. The Labute approximate surface area is 139 Å². The number of carbonyl (C=O) groups excluding carboxylic acids is 1. The summed E-state index contributed by atoms with van der Waals surface area (Å²) in [6, 6.07) is 11.8. The summed E-state index contributed by atoms with van der Waals surface area (Å²) in [7, 11) is 0. The molecule has 1 aromatic carbocycles. The van der Waals surface area contributed by atoms with Gasteiger partial charge in [-0.05, 0) is 18.4 Å². The van der Waals surface area contributed by atoms with Crippen molar-refractivity contribution in [2.45, 2.75) is 23.4 Å². The van der Waals surface area contributed by atoms with Crippen molar-refractivity contribution in [3.63, 3.8) is 0 Å². The van der Waals surface area contributed by atoms with Crippen LogP contribution in [-0.2, 0) is 10.2 Å². The van der Waals surface area contributed by atoms with Gasteiger partial charge in [-0.25, -0.2) is 9.97 Å². The molecule has 5 N–H and O–H groups in total. The average Bonchev–Trinajstić information content (AvgIpc) is 3.32. The maximum atomic E-state index is 12.0. The van der Waals surface area contributed by atoms with Crippen LogP contribution in [0.2, 0.25) is 0 Å². The fraction of sp³-hybridized carbons (Fsp3) is 0.312. The van der Waals surface area contributed by atoms with Crippen LogP contribution in [0.4, 0.5) is 11.6 Å². The van der Waals surface area contributed by atoms with Gasteiger partial charge in [-0.15, -0.1) is 0 Å². The smallest absolute Gasteiger partial charge is 0.230 e. The molecule has 1 saturated carbocycles. The van der Waals surface area contributed by atoms with E-state index in [9.17, 15) is 4.79 Å². The van der Waals surface area contributed by atoms with Crippen molar-refractivity contribution in [1.82, 2.24) is 15.3 Å². The quantitative estimate of drug-likeness (QED) is 0.549. The number of amides is 1. The van der Waals surface area contributed by atoms with Crippen LogP contribution in [0.15, 0.2) is 41.6 Å². The van der Waals surface area contributed by atoms with E-state index in [-0.39, 0.29) is 17.1 Å². The molecule has 3 rings (SSSR count). The van der Waals surface area contributed by atoms with Crippen molar-refractivity contribution >= 4 is 29.3 Å². The number of nitrogens with one attached hydrogen (secondary N) is 1. The molecule has 1 heterocycles. The third kappa shape index (κ3) is 3.92. The Morgan fingerprint density at radius 2 is 1.83 bits per heavy atom. The van der Waals surface area contributed by atoms with Gasteiger partial charge in [-0.2, -0.15) is 0 Å². The molecule has 0 unspecified atom stereocenters. The molecule has 1 aliphatic carbocycles. The standard InChI is InChI=1S/C16H19N5OS/c17-12-8-13(18)21-15(20-12)23-9-14(22)19-10-16(6-7-16)11-4-2-1-3-5-11/h1-5,8H,6-7,9-10H2,(H,19,22)(H4,17,18,20,21). The zero-order chi connectivity index (χ0) is 16.3. The number of hydrogen-bond acceptors (Lipinski definition) is 6. The largest absolute Gasteiger partial charge is 0.383 e. The van der Waals surface area contributed by atoms with Gasteiger partial charge < -0.3 is 16.8 Å². The fourth-order valence-electron chi connectivity index (χ4n) is 2.49. The van der Waals surface area contributed by atoms with Crippen LogP contribution in [0.3, 0.4) is 0 Å². The van der Waals surface area contributed by atoms with Crippen molar-refractivity contribution in [3.8, 4) is 0 Å². The van der Waals surface area contributed by atoms with Gasteiger partial charge in [0.15, 0.2) is 5.16 Å². The highest BCUT2D eigenvalue weighted by molar-refractivity contribution is 7.99. The lowest BCUT2D eigenvalue weighted by Gasteiger charge is -2.16. The Hall–Kier alpha value is -2.28. The minimum atomic E-state index is -0.0400. The van der Waals surface area contributed by atoms with E-state index in [0.717, 1.165) is 12.8 Å². The topological polar surface area (TPSA) is 107 Å². The molecule has 23 heavy (non-hydrogen) atoms. The first-order valence-electron chi connectivity index (χ1n) is 7.42. The average molecular weight is 329 g/mol. The Bertz CT molecular complexity index is 683. The van der Waals surface area contributed by atoms with Gasteiger partial charge in [-0.3, -0.25) is 4.79 Å². The van der Waals surface area contributed by atoms with Gasteiger partial charge in [0, 0.05) is 18.0 Å². The Balaban J connectivity index is 1.50. The SMILES string of the molecule is Nc1cc(N)nc(SCC(=O)NCC2(c3ccccc3)CC2)n1. The highest BCUT2D eigenvalue weighted by Gasteiger charge is 2.44. The van der Waals surface area contributed by atoms with E-state index in [1.807, 2.05) is 18.2 Å². The molecule has 0 spiro atoms. The van der Waals surface area contributed by atoms with Crippen molar-refractivity contribution in [1.29, 1.82) is 0 Å². The summed E-state index contributed by atoms with van der Waals surface area (Å²) < 4.78 is 0. The molecule has 7 heteroatoms. The van der Waals surface area contributed by atoms with Crippen LogP contribution < -0.4 is 16.8 Å². The van der Waals surface area contributed by atoms with Crippen LogP contribution in [0.1, 0.15) is 18.4 Å². The van der Waals surface area contributed by atoms with E-state index in [1.165, 1.54) is 23.4 Å². The number of nitrogens with zero attached hydrogens (tertiary/aromatic N) is 2. The van der Waals surface area contributed by atoms with Crippen LogP contribution in [-0.4, -0.2) is 28.2 Å². The van der Waals surface area contributed by atoms with E-state index >= 15 is 0 Å². The Kier molecular flexibility index (Phi) is 4.38. The van der Waals surface area contributed by atoms with Gasteiger partial charge in [0.25, 0.3) is 0 Å². The molecule has 1 aliphatic rings. The summed E-state index contributed by atoms with van der Waals surface area (Å²) in [4.78, 5) is 20.1. The first kappa shape index (κ1) is 15.6. The molecule has 120 valence electrons. The predicted octanol–water partition coefficient (Wildman–Crippen LogP) is 1.58. The van der Waals surface area contributed by atoms with E-state index < -0.39 is 0 Å². The van der Waals surface area contributed by atoms with E-state index in [0.29, 0.717) is 23.3 Å². The zero-order valence-electron chi connectivity index (χ0n) is 12.7. The molecule has 6 nitrogen and oxygen atoms in total. The number of thioether (sulfide) groups is 1. The first-order valence-corrected chi connectivity index (χ1v) is 8.41. The normalized spacial score (nSPS) is 15.1. The Morgan fingerprint density at radius 1 is 1.17 bits per heavy atom. The van der Waals surface area contributed by atoms with E-state index in [4.69, 9.17) is 11.5 Å². The minimum absolute atomic E-state index is 0.0400. The maximum absolute atomic E-state index is 12.0. The number of rotatable bonds is 6. The van der Waals surface area contributed by atoms with Gasteiger partial charge in [0.1, 0.15) is 11.6 Å². The summed E-state index contributed by atoms with van der Waals surface area (Å²) in [6.45, 7) is 0.663. The van der Waals surface area contributed by atoms with Crippen LogP contribution in [0.5, 0.6) is 0 Å². The number of carbonyl (C=O) groups is 1. The summed E-state index contributed by atoms with van der Waals surface area (Å²) in [5.41, 5.74) is 12.6. The lowest BCUT2D eigenvalue weighted by atomic mass is 9.96. The monoisotopic (exact) mass is 329 g/mol. The second-order valence-electron chi connectivity index (χ2n) is 5.71. The Morgan fingerprint density at radius 3 is 2.43 bits per heavy atom. The number of aromatic nitrogens is 2. The molecule has 0 atom stereocenters.